The number of aliphatic carboxylic acids is 1. The molecule has 1 saturated carbocycles. The van der Waals surface area contributed by atoms with Crippen LogP contribution in [0.25, 0.3) is 0 Å². The van der Waals surface area contributed by atoms with Gasteiger partial charge in [0.15, 0.2) is 0 Å². The van der Waals surface area contributed by atoms with E-state index < -0.39 is 12.0 Å². The molecule has 19 heavy (non-hydrogen) atoms. The van der Waals surface area contributed by atoms with Gasteiger partial charge in [-0.05, 0) is 36.8 Å². The molecular weight excluding hydrogens is 238 g/mol. The Balaban J connectivity index is 1.93. The van der Waals surface area contributed by atoms with Gasteiger partial charge in [-0.25, -0.2) is 0 Å². The van der Waals surface area contributed by atoms with Gasteiger partial charge in [0.25, 0.3) is 0 Å². The van der Waals surface area contributed by atoms with Crippen molar-refractivity contribution in [3.05, 3.63) is 35.9 Å². The number of carboxylic acid groups (broad SMARTS) is 1. The van der Waals surface area contributed by atoms with Gasteiger partial charge in [0.1, 0.15) is 6.04 Å². The van der Waals surface area contributed by atoms with Crippen LogP contribution in [0.15, 0.2) is 30.3 Å². The normalized spacial score (nSPS) is 24.9. The largest absolute Gasteiger partial charge is 0.480 e. The maximum absolute atomic E-state index is 11.4. The van der Waals surface area contributed by atoms with E-state index in [0.717, 1.165) is 18.0 Å². The molecule has 2 N–H and O–H groups in total. The van der Waals surface area contributed by atoms with E-state index in [1.807, 2.05) is 30.3 Å². The van der Waals surface area contributed by atoms with E-state index in [1.165, 1.54) is 25.7 Å². The van der Waals surface area contributed by atoms with Gasteiger partial charge in [0, 0.05) is 0 Å². The highest BCUT2D eigenvalue weighted by molar-refractivity contribution is 5.75. The molecule has 1 aliphatic rings. The molecule has 3 atom stereocenters. The fourth-order valence-corrected chi connectivity index (χ4v) is 3.02. The number of carbonyl (C=O) groups is 1. The zero-order valence-electron chi connectivity index (χ0n) is 11.5. The molecular formula is C16H23NO2. The molecule has 3 nitrogen and oxygen atoms in total. The second-order valence-electron chi connectivity index (χ2n) is 5.73. The molecule has 1 aromatic rings. The summed E-state index contributed by atoms with van der Waals surface area (Å²) in [6.45, 7) is 3.09. The number of hydrogen-bond donors (Lipinski definition) is 2. The van der Waals surface area contributed by atoms with Gasteiger partial charge < -0.3 is 10.4 Å². The highest BCUT2D eigenvalue weighted by Crippen LogP contribution is 2.28. The first kappa shape index (κ1) is 14.1. The fraction of sp³-hybridized carbons (Fsp3) is 0.562. The summed E-state index contributed by atoms with van der Waals surface area (Å²) in [6.07, 6.45) is 5.03. The van der Waals surface area contributed by atoms with Crippen LogP contribution < -0.4 is 5.32 Å². The minimum absolute atomic E-state index is 0.585. The number of hydrogen-bond acceptors (Lipinski definition) is 2. The molecule has 0 heterocycles. The van der Waals surface area contributed by atoms with Crippen LogP contribution >= 0.6 is 0 Å². The number of rotatable bonds is 5. The Hall–Kier alpha value is -1.35. The Morgan fingerprint density at radius 1 is 1.37 bits per heavy atom. The first-order valence-electron chi connectivity index (χ1n) is 7.18. The zero-order valence-corrected chi connectivity index (χ0v) is 11.5. The van der Waals surface area contributed by atoms with Gasteiger partial charge in [0.2, 0.25) is 0 Å². The molecule has 0 bridgehead atoms. The Kier molecular flexibility index (Phi) is 4.97. The summed E-state index contributed by atoms with van der Waals surface area (Å²) in [6, 6.07) is 8.83. The lowest BCUT2D eigenvalue weighted by Gasteiger charge is -2.28. The van der Waals surface area contributed by atoms with Gasteiger partial charge >= 0.3 is 5.97 Å². The molecule has 0 aliphatic heterocycles. The predicted molar refractivity (Wildman–Crippen MR) is 75.9 cm³/mol. The average Bonchev–Trinajstić information content (AvgIpc) is 2.40. The third-order valence-electron chi connectivity index (χ3n) is 4.04. The molecule has 1 aromatic carbocycles. The molecule has 2 rings (SSSR count). The number of benzene rings is 1. The maximum atomic E-state index is 11.4. The summed E-state index contributed by atoms with van der Waals surface area (Å²) in [5.74, 6) is 0.602. The van der Waals surface area contributed by atoms with Crippen LogP contribution in [0.3, 0.4) is 0 Å². The molecule has 0 amide bonds. The summed E-state index contributed by atoms with van der Waals surface area (Å²) in [5.41, 5.74) is 0.832. The van der Waals surface area contributed by atoms with Gasteiger partial charge in [-0.1, -0.05) is 50.1 Å². The zero-order chi connectivity index (χ0) is 13.7. The summed E-state index contributed by atoms with van der Waals surface area (Å²) >= 11 is 0. The van der Waals surface area contributed by atoms with Gasteiger partial charge in [-0.2, -0.15) is 0 Å². The molecule has 104 valence electrons. The van der Waals surface area contributed by atoms with Gasteiger partial charge in [-0.15, -0.1) is 0 Å². The van der Waals surface area contributed by atoms with Crippen LogP contribution in [0.5, 0.6) is 0 Å². The summed E-state index contributed by atoms with van der Waals surface area (Å²) < 4.78 is 0. The van der Waals surface area contributed by atoms with Crippen LogP contribution in [0.2, 0.25) is 0 Å². The Labute approximate surface area is 115 Å². The minimum Gasteiger partial charge on any atom is -0.480 e. The molecule has 0 radical (unpaired) electrons. The monoisotopic (exact) mass is 261 g/mol. The van der Waals surface area contributed by atoms with E-state index in [9.17, 15) is 9.90 Å². The molecule has 3 heteroatoms. The fourth-order valence-electron chi connectivity index (χ4n) is 3.02. The second-order valence-corrected chi connectivity index (χ2v) is 5.73. The van der Waals surface area contributed by atoms with E-state index in [1.54, 1.807) is 0 Å². The Morgan fingerprint density at radius 2 is 2.11 bits per heavy atom. The highest BCUT2D eigenvalue weighted by atomic mass is 16.4. The summed E-state index contributed by atoms with van der Waals surface area (Å²) in [7, 11) is 0. The molecule has 3 unspecified atom stereocenters. The maximum Gasteiger partial charge on any atom is 0.325 e. The van der Waals surface area contributed by atoms with Gasteiger partial charge in [0.05, 0.1) is 0 Å². The minimum atomic E-state index is -0.796. The SMILES string of the molecule is CC1CCCC(CNC(C(=O)O)c2ccccc2)C1. The van der Waals surface area contributed by atoms with Crippen LogP contribution in [-0.2, 0) is 4.79 Å². The van der Waals surface area contributed by atoms with Crippen molar-refractivity contribution in [3.8, 4) is 0 Å². The van der Waals surface area contributed by atoms with Crippen LogP contribution in [0.4, 0.5) is 0 Å². The lowest BCUT2D eigenvalue weighted by Crippen LogP contribution is -2.34. The van der Waals surface area contributed by atoms with Gasteiger partial charge in [-0.3, -0.25) is 4.79 Å². The topological polar surface area (TPSA) is 49.3 Å². The van der Waals surface area contributed by atoms with E-state index in [-0.39, 0.29) is 0 Å². The summed E-state index contributed by atoms with van der Waals surface area (Å²) in [4.78, 5) is 11.4. The Bertz CT molecular complexity index is 404. The number of nitrogens with one attached hydrogen (secondary N) is 1. The van der Waals surface area contributed by atoms with Crippen LogP contribution in [-0.4, -0.2) is 17.6 Å². The standard InChI is InChI=1S/C16H23NO2/c1-12-6-5-7-13(10-12)11-17-15(16(18)19)14-8-3-2-4-9-14/h2-4,8-9,12-13,15,17H,5-7,10-11H2,1H3,(H,18,19). The quantitative estimate of drug-likeness (QED) is 0.855. The van der Waals surface area contributed by atoms with Crippen molar-refractivity contribution >= 4 is 5.97 Å². The van der Waals surface area contributed by atoms with Crippen molar-refractivity contribution in [1.82, 2.24) is 5.32 Å². The smallest absolute Gasteiger partial charge is 0.325 e. The van der Waals surface area contributed by atoms with E-state index in [2.05, 4.69) is 12.2 Å². The van der Waals surface area contributed by atoms with Crippen molar-refractivity contribution in [3.63, 3.8) is 0 Å². The van der Waals surface area contributed by atoms with Crippen LogP contribution in [0.1, 0.15) is 44.2 Å². The van der Waals surface area contributed by atoms with Crippen molar-refractivity contribution in [2.24, 2.45) is 11.8 Å². The molecule has 1 fully saturated rings. The third kappa shape index (κ3) is 4.06. The van der Waals surface area contributed by atoms with Crippen molar-refractivity contribution in [1.29, 1.82) is 0 Å². The third-order valence-corrected chi connectivity index (χ3v) is 4.04. The first-order valence-corrected chi connectivity index (χ1v) is 7.18. The van der Waals surface area contributed by atoms with Crippen molar-refractivity contribution in [2.75, 3.05) is 6.54 Å². The van der Waals surface area contributed by atoms with E-state index in [4.69, 9.17) is 0 Å². The first-order chi connectivity index (χ1) is 9.16. The lowest BCUT2D eigenvalue weighted by molar-refractivity contribution is -0.139. The van der Waals surface area contributed by atoms with Crippen molar-refractivity contribution < 1.29 is 9.90 Å². The molecule has 0 spiro atoms. The highest BCUT2D eigenvalue weighted by Gasteiger charge is 2.23. The van der Waals surface area contributed by atoms with E-state index >= 15 is 0 Å². The predicted octanol–water partition coefficient (Wildman–Crippen LogP) is 3.23. The van der Waals surface area contributed by atoms with Crippen molar-refractivity contribution in [2.45, 2.75) is 38.6 Å². The molecule has 0 saturated heterocycles. The van der Waals surface area contributed by atoms with E-state index in [0.29, 0.717) is 5.92 Å². The second kappa shape index (κ2) is 6.71. The number of carboxylic acids is 1. The van der Waals surface area contributed by atoms with Crippen LogP contribution in [0, 0.1) is 11.8 Å². The Morgan fingerprint density at radius 3 is 2.74 bits per heavy atom. The lowest BCUT2D eigenvalue weighted by atomic mass is 9.82. The molecule has 0 aromatic heterocycles. The summed E-state index contributed by atoms with van der Waals surface area (Å²) in [5, 5.41) is 12.6. The average molecular weight is 261 g/mol. The molecule has 1 aliphatic carbocycles.